The zero-order valence-electron chi connectivity index (χ0n) is 6.51. The van der Waals surface area contributed by atoms with Gasteiger partial charge >= 0.3 is 0 Å². The van der Waals surface area contributed by atoms with Crippen molar-refractivity contribution in [3.8, 4) is 0 Å². The number of likely N-dealkylation sites (N-methyl/N-ethyl adjacent to an activating group) is 1. The minimum Gasteiger partial charge on any atom is -0.312 e. The summed E-state index contributed by atoms with van der Waals surface area (Å²) < 4.78 is 0. The van der Waals surface area contributed by atoms with E-state index in [2.05, 4.69) is 29.9 Å². The van der Waals surface area contributed by atoms with Gasteiger partial charge in [0.2, 0.25) is 0 Å². The van der Waals surface area contributed by atoms with Crippen molar-refractivity contribution in [1.82, 2.24) is 10.2 Å². The molecule has 0 saturated carbocycles. The monoisotopic (exact) mass is 160 g/mol. The molecule has 0 radical (unpaired) electrons. The van der Waals surface area contributed by atoms with Crippen LogP contribution in [0.1, 0.15) is 6.42 Å². The van der Waals surface area contributed by atoms with Crippen molar-refractivity contribution in [3.05, 3.63) is 0 Å². The Labute approximate surface area is 68.4 Å². The molecule has 60 valence electrons. The minimum absolute atomic E-state index is 0.720. The summed E-state index contributed by atoms with van der Waals surface area (Å²) in [5.41, 5.74) is 0. The fourth-order valence-electron chi connectivity index (χ4n) is 1.37. The molecule has 1 aliphatic rings. The molecule has 0 bridgehead atoms. The first kappa shape index (κ1) is 8.37. The smallest absolute Gasteiger partial charge is 0.0207 e. The highest BCUT2D eigenvalue weighted by molar-refractivity contribution is 7.80. The van der Waals surface area contributed by atoms with E-state index in [4.69, 9.17) is 0 Å². The maximum absolute atomic E-state index is 4.14. The van der Waals surface area contributed by atoms with E-state index >= 15 is 0 Å². The van der Waals surface area contributed by atoms with E-state index in [0.29, 0.717) is 0 Å². The summed E-state index contributed by atoms with van der Waals surface area (Å²) in [5, 5.41) is 3.44. The van der Waals surface area contributed by atoms with Gasteiger partial charge in [0.05, 0.1) is 0 Å². The highest BCUT2D eigenvalue weighted by Gasteiger charge is 2.17. The molecule has 2 nitrogen and oxygen atoms in total. The lowest BCUT2D eigenvalue weighted by molar-refractivity contribution is 0.400. The van der Waals surface area contributed by atoms with Crippen molar-refractivity contribution in [2.24, 2.45) is 0 Å². The van der Waals surface area contributed by atoms with Crippen LogP contribution in [0.4, 0.5) is 0 Å². The molecule has 1 aliphatic heterocycles. The Morgan fingerprint density at radius 3 is 3.00 bits per heavy atom. The molecule has 0 aromatic carbocycles. The lowest BCUT2D eigenvalue weighted by Gasteiger charge is -2.10. The fourth-order valence-corrected chi connectivity index (χ4v) is 1.50. The van der Waals surface area contributed by atoms with Crippen molar-refractivity contribution >= 4 is 12.6 Å². The first-order valence-electron chi connectivity index (χ1n) is 3.85. The Kier molecular flexibility index (Phi) is 3.52. The van der Waals surface area contributed by atoms with Gasteiger partial charge in [-0.3, -0.25) is 0 Å². The van der Waals surface area contributed by atoms with Crippen LogP contribution in [0.5, 0.6) is 0 Å². The van der Waals surface area contributed by atoms with Gasteiger partial charge in [-0.05, 0) is 20.0 Å². The van der Waals surface area contributed by atoms with Crippen LogP contribution in [0, 0.1) is 0 Å². The maximum Gasteiger partial charge on any atom is 0.0207 e. The number of likely N-dealkylation sites (tertiary alicyclic amines) is 1. The fraction of sp³-hybridized carbons (Fsp3) is 1.00. The molecule has 0 aromatic rings. The van der Waals surface area contributed by atoms with Crippen molar-refractivity contribution in [1.29, 1.82) is 0 Å². The normalized spacial score (nSPS) is 27.6. The average Bonchev–Trinajstić information content (AvgIpc) is 2.31. The summed E-state index contributed by atoms with van der Waals surface area (Å²) in [6, 6.07) is 0.720. The Balaban J connectivity index is 2.06. The van der Waals surface area contributed by atoms with E-state index in [1.807, 2.05) is 0 Å². The van der Waals surface area contributed by atoms with Crippen LogP contribution in [0.25, 0.3) is 0 Å². The molecule has 3 heteroatoms. The topological polar surface area (TPSA) is 15.3 Å². The highest BCUT2D eigenvalue weighted by Crippen LogP contribution is 2.05. The van der Waals surface area contributed by atoms with Crippen molar-refractivity contribution < 1.29 is 0 Å². The quantitative estimate of drug-likeness (QED) is 0.574. The number of nitrogens with zero attached hydrogens (tertiary/aromatic N) is 1. The van der Waals surface area contributed by atoms with Crippen molar-refractivity contribution in [2.75, 3.05) is 32.4 Å². The zero-order chi connectivity index (χ0) is 7.40. The minimum atomic E-state index is 0.720. The van der Waals surface area contributed by atoms with Gasteiger partial charge in [-0.15, -0.1) is 0 Å². The summed E-state index contributed by atoms with van der Waals surface area (Å²) in [7, 11) is 2.17. The molecular weight excluding hydrogens is 144 g/mol. The second kappa shape index (κ2) is 4.21. The Hall–Kier alpha value is 0.270. The lowest BCUT2D eigenvalue weighted by atomic mass is 10.3. The molecule has 1 unspecified atom stereocenters. The molecule has 10 heavy (non-hydrogen) atoms. The largest absolute Gasteiger partial charge is 0.312 e. The van der Waals surface area contributed by atoms with E-state index < -0.39 is 0 Å². The molecule has 1 atom stereocenters. The molecular formula is C7H16N2S. The van der Waals surface area contributed by atoms with Gasteiger partial charge in [-0.2, -0.15) is 12.6 Å². The SMILES string of the molecule is CN1CCC(NCCS)C1. The number of thiol groups is 1. The molecule has 1 fully saturated rings. The molecule has 0 spiro atoms. The average molecular weight is 160 g/mol. The lowest BCUT2D eigenvalue weighted by Crippen LogP contribution is -2.32. The van der Waals surface area contributed by atoms with Gasteiger partial charge in [0.25, 0.3) is 0 Å². The van der Waals surface area contributed by atoms with Gasteiger partial charge in [0, 0.05) is 24.9 Å². The Bertz CT molecular complexity index is 97.6. The van der Waals surface area contributed by atoms with Crippen LogP contribution in [0.2, 0.25) is 0 Å². The van der Waals surface area contributed by atoms with Crippen LogP contribution in [0.3, 0.4) is 0 Å². The second-order valence-electron chi connectivity index (χ2n) is 2.93. The standard InChI is InChI=1S/C7H16N2S/c1-9-4-2-7(6-9)8-3-5-10/h7-8,10H,2-6H2,1H3. The Morgan fingerprint density at radius 2 is 2.50 bits per heavy atom. The summed E-state index contributed by atoms with van der Waals surface area (Å²) >= 11 is 4.14. The number of hydrogen-bond acceptors (Lipinski definition) is 3. The van der Waals surface area contributed by atoms with E-state index in [-0.39, 0.29) is 0 Å². The van der Waals surface area contributed by atoms with Gasteiger partial charge in [0.15, 0.2) is 0 Å². The number of hydrogen-bond donors (Lipinski definition) is 2. The highest BCUT2D eigenvalue weighted by atomic mass is 32.1. The number of nitrogens with one attached hydrogen (secondary N) is 1. The van der Waals surface area contributed by atoms with E-state index in [1.54, 1.807) is 0 Å². The molecule has 1 N–H and O–H groups in total. The zero-order valence-corrected chi connectivity index (χ0v) is 7.40. The summed E-state index contributed by atoms with van der Waals surface area (Å²) in [5.74, 6) is 0.945. The van der Waals surface area contributed by atoms with Crippen LogP contribution < -0.4 is 5.32 Å². The van der Waals surface area contributed by atoms with Gasteiger partial charge < -0.3 is 10.2 Å². The number of rotatable bonds is 3. The Morgan fingerprint density at radius 1 is 1.70 bits per heavy atom. The first-order valence-corrected chi connectivity index (χ1v) is 4.49. The van der Waals surface area contributed by atoms with E-state index in [0.717, 1.165) is 18.3 Å². The second-order valence-corrected chi connectivity index (χ2v) is 3.37. The molecule has 1 heterocycles. The van der Waals surface area contributed by atoms with Crippen molar-refractivity contribution in [2.45, 2.75) is 12.5 Å². The molecule has 1 saturated heterocycles. The van der Waals surface area contributed by atoms with E-state index in [9.17, 15) is 0 Å². The van der Waals surface area contributed by atoms with Gasteiger partial charge in [-0.1, -0.05) is 0 Å². The molecule has 1 rings (SSSR count). The van der Waals surface area contributed by atoms with E-state index in [1.165, 1.54) is 19.5 Å². The van der Waals surface area contributed by atoms with Crippen molar-refractivity contribution in [3.63, 3.8) is 0 Å². The van der Waals surface area contributed by atoms with Gasteiger partial charge in [-0.25, -0.2) is 0 Å². The summed E-state index contributed by atoms with van der Waals surface area (Å²) in [6.07, 6.45) is 1.30. The third-order valence-corrected chi connectivity index (χ3v) is 2.16. The third-order valence-electron chi connectivity index (χ3n) is 1.94. The first-order chi connectivity index (χ1) is 4.83. The third kappa shape index (κ3) is 2.48. The van der Waals surface area contributed by atoms with Crippen LogP contribution in [-0.4, -0.2) is 43.4 Å². The summed E-state index contributed by atoms with van der Waals surface area (Å²) in [6.45, 7) is 3.49. The van der Waals surface area contributed by atoms with Gasteiger partial charge in [0.1, 0.15) is 0 Å². The molecule has 0 aromatic heterocycles. The molecule has 0 amide bonds. The predicted octanol–water partition coefficient (Wildman–Crippen LogP) is 0.210. The molecule has 0 aliphatic carbocycles. The predicted molar refractivity (Wildman–Crippen MR) is 47.8 cm³/mol. The maximum atomic E-state index is 4.14. The van der Waals surface area contributed by atoms with Crippen LogP contribution in [0.15, 0.2) is 0 Å². The van der Waals surface area contributed by atoms with Crippen LogP contribution >= 0.6 is 12.6 Å². The summed E-state index contributed by atoms with van der Waals surface area (Å²) in [4.78, 5) is 2.36. The van der Waals surface area contributed by atoms with Crippen LogP contribution in [-0.2, 0) is 0 Å².